The molecule has 1 unspecified atom stereocenters. The smallest absolute Gasteiger partial charge is 0.227 e. The lowest BCUT2D eigenvalue weighted by Gasteiger charge is -2.39. The molecule has 30 heavy (non-hydrogen) atoms. The van der Waals surface area contributed by atoms with Crippen molar-refractivity contribution in [2.24, 2.45) is 5.92 Å². The Balaban J connectivity index is 1.51. The quantitative estimate of drug-likeness (QED) is 0.712. The van der Waals surface area contributed by atoms with Crippen LogP contribution in [0.2, 0.25) is 0 Å². The molecule has 0 aliphatic carbocycles. The van der Waals surface area contributed by atoms with E-state index in [1.807, 2.05) is 36.4 Å². The molecule has 1 atom stereocenters. The minimum atomic E-state index is -0.460. The first-order chi connectivity index (χ1) is 14.5. The number of aryl methyl sites for hydroxylation is 1. The number of hydrogen-bond donors (Lipinski definition) is 1. The van der Waals surface area contributed by atoms with Gasteiger partial charge in [0.25, 0.3) is 0 Å². The SMILES string of the molecule is CCc1ccc(N2CC(C(=O)NC3(c4cccc(Br)c4)CCOCC3)CC2=O)cc1. The predicted molar refractivity (Wildman–Crippen MR) is 120 cm³/mol. The Morgan fingerprint density at radius 2 is 1.93 bits per heavy atom. The van der Waals surface area contributed by atoms with Crippen molar-refractivity contribution in [3.05, 3.63) is 64.1 Å². The molecule has 2 saturated heterocycles. The molecule has 5 nitrogen and oxygen atoms in total. The van der Waals surface area contributed by atoms with Gasteiger partial charge in [0.15, 0.2) is 0 Å². The molecule has 0 bridgehead atoms. The molecular formula is C24H27BrN2O3. The lowest BCUT2D eigenvalue weighted by molar-refractivity contribution is -0.129. The molecule has 2 heterocycles. The minimum Gasteiger partial charge on any atom is -0.381 e. The number of anilines is 1. The van der Waals surface area contributed by atoms with Gasteiger partial charge in [0.05, 0.1) is 11.5 Å². The van der Waals surface area contributed by atoms with Crippen LogP contribution in [0.25, 0.3) is 0 Å². The average Bonchev–Trinajstić information content (AvgIpc) is 3.16. The average molecular weight is 471 g/mol. The van der Waals surface area contributed by atoms with Crippen molar-refractivity contribution in [3.63, 3.8) is 0 Å². The van der Waals surface area contributed by atoms with Gasteiger partial charge in [0.1, 0.15) is 0 Å². The largest absolute Gasteiger partial charge is 0.381 e. The summed E-state index contributed by atoms with van der Waals surface area (Å²) in [5.74, 6) is -0.406. The Morgan fingerprint density at radius 1 is 1.20 bits per heavy atom. The fraction of sp³-hybridized carbons (Fsp3) is 0.417. The van der Waals surface area contributed by atoms with Crippen LogP contribution in [0.15, 0.2) is 53.0 Å². The van der Waals surface area contributed by atoms with Crippen LogP contribution in [-0.2, 0) is 26.3 Å². The molecule has 2 aromatic carbocycles. The summed E-state index contributed by atoms with van der Waals surface area (Å²) in [4.78, 5) is 27.6. The molecule has 2 aliphatic heterocycles. The third-order valence-corrected chi connectivity index (χ3v) is 6.73. The summed E-state index contributed by atoms with van der Waals surface area (Å²) in [7, 11) is 0. The van der Waals surface area contributed by atoms with E-state index < -0.39 is 5.54 Å². The van der Waals surface area contributed by atoms with Gasteiger partial charge in [-0.15, -0.1) is 0 Å². The van der Waals surface area contributed by atoms with Crippen LogP contribution < -0.4 is 10.2 Å². The van der Waals surface area contributed by atoms with Gasteiger partial charge in [-0.05, 0) is 54.7 Å². The molecular weight excluding hydrogens is 444 g/mol. The van der Waals surface area contributed by atoms with E-state index in [-0.39, 0.29) is 24.2 Å². The number of benzene rings is 2. The van der Waals surface area contributed by atoms with Crippen LogP contribution in [0.1, 0.15) is 37.3 Å². The maximum Gasteiger partial charge on any atom is 0.227 e. The highest BCUT2D eigenvalue weighted by Crippen LogP contribution is 2.35. The molecule has 2 aromatic rings. The third kappa shape index (κ3) is 4.30. The highest BCUT2D eigenvalue weighted by molar-refractivity contribution is 9.10. The standard InChI is InChI=1S/C24H27BrN2O3/c1-2-17-6-8-21(9-7-17)27-16-18(14-22(27)28)23(29)26-24(10-12-30-13-11-24)19-4-3-5-20(25)15-19/h3-9,15,18H,2,10-14,16H2,1H3,(H,26,29). The number of nitrogens with zero attached hydrogens (tertiary/aromatic N) is 1. The van der Waals surface area contributed by atoms with Crippen LogP contribution in [0, 0.1) is 5.92 Å². The summed E-state index contributed by atoms with van der Waals surface area (Å²) in [6.07, 6.45) is 2.64. The third-order valence-electron chi connectivity index (χ3n) is 6.24. The van der Waals surface area contributed by atoms with Crippen molar-refractivity contribution in [1.82, 2.24) is 5.32 Å². The summed E-state index contributed by atoms with van der Waals surface area (Å²) >= 11 is 3.54. The second-order valence-electron chi connectivity index (χ2n) is 8.12. The van der Waals surface area contributed by atoms with E-state index in [1.165, 1.54) is 5.56 Å². The summed E-state index contributed by atoms with van der Waals surface area (Å²) in [6, 6.07) is 16.1. The number of hydrogen-bond acceptors (Lipinski definition) is 3. The molecule has 2 fully saturated rings. The Morgan fingerprint density at radius 3 is 2.60 bits per heavy atom. The Bertz CT molecular complexity index is 922. The number of nitrogens with one attached hydrogen (secondary N) is 1. The minimum absolute atomic E-state index is 0.00267. The van der Waals surface area contributed by atoms with Crippen LogP contribution in [0.3, 0.4) is 0 Å². The summed E-state index contributed by atoms with van der Waals surface area (Å²) in [5, 5.41) is 3.31. The van der Waals surface area contributed by atoms with Gasteiger partial charge in [-0.1, -0.05) is 47.1 Å². The van der Waals surface area contributed by atoms with Gasteiger partial charge < -0.3 is 15.0 Å². The summed E-state index contributed by atoms with van der Waals surface area (Å²) < 4.78 is 6.55. The van der Waals surface area contributed by atoms with Crippen molar-refractivity contribution >= 4 is 33.4 Å². The van der Waals surface area contributed by atoms with Crippen LogP contribution >= 0.6 is 15.9 Å². The number of rotatable bonds is 5. The molecule has 4 rings (SSSR count). The first-order valence-corrected chi connectivity index (χ1v) is 11.4. The van der Waals surface area contributed by atoms with Crippen LogP contribution in [0.4, 0.5) is 5.69 Å². The molecule has 1 N–H and O–H groups in total. The van der Waals surface area contributed by atoms with Crippen molar-refractivity contribution in [1.29, 1.82) is 0 Å². The molecule has 6 heteroatoms. The van der Waals surface area contributed by atoms with Crippen molar-refractivity contribution in [2.75, 3.05) is 24.7 Å². The van der Waals surface area contributed by atoms with E-state index in [2.05, 4.69) is 40.3 Å². The van der Waals surface area contributed by atoms with E-state index in [0.29, 0.717) is 19.8 Å². The first kappa shape index (κ1) is 21.1. The lowest BCUT2D eigenvalue weighted by Crippen LogP contribution is -2.51. The number of amides is 2. The van der Waals surface area contributed by atoms with Gasteiger partial charge in [-0.25, -0.2) is 0 Å². The van der Waals surface area contributed by atoms with E-state index >= 15 is 0 Å². The molecule has 158 valence electrons. The Hall–Kier alpha value is -2.18. The fourth-order valence-electron chi connectivity index (χ4n) is 4.37. The van der Waals surface area contributed by atoms with Crippen LogP contribution in [0.5, 0.6) is 0 Å². The molecule has 0 saturated carbocycles. The topological polar surface area (TPSA) is 58.6 Å². The normalized spacial score (nSPS) is 20.9. The highest BCUT2D eigenvalue weighted by atomic mass is 79.9. The monoisotopic (exact) mass is 470 g/mol. The van der Waals surface area contributed by atoms with Gasteiger partial charge in [0, 0.05) is 36.3 Å². The fourth-order valence-corrected chi connectivity index (χ4v) is 4.77. The van der Waals surface area contributed by atoms with Crippen LogP contribution in [-0.4, -0.2) is 31.6 Å². The molecule has 2 aliphatic rings. The van der Waals surface area contributed by atoms with Gasteiger partial charge in [-0.3, -0.25) is 9.59 Å². The van der Waals surface area contributed by atoms with E-state index in [4.69, 9.17) is 4.74 Å². The first-order valence-electron chi connectivity index (χ1n) is 10.6. The second kappa shape index (κ2) is 8.90. The van der Waals surface area contributed by atoms with Crippen molar-refractivity contribution in [2.45, 2.75) is 38.1 Å². The number of carbonyl (C=O) groups excluding carboxylic acids is 2. The maximum absolute atomic E-state index is 13.3. The number of halogens is 1. The van der Waals surface area contributed by atoms with Gasteiger partial charge in [-0.2, -0.15) is 0 Å². The van der Waals surface area contributed by atoms with E-state index in [0.717, 1.165) is 35.0 Å². The van der Waals surface area contributed by atoms with Gasteiger partial charge >= 0.3 is 0 Å². The zero-order chi connectivity index (χ0) is 21.1. The van der Waals surface area contributed by atoms with Crippen molar-refractivity contribution < 1.29 is 14.3 Å². The zero-order valence-corrected chi connectivity index (χ0v) is 18.8. The molecule has 0 radical (unpaired) electrons. The molecule has 0 aromatic heterocycles. The second-order valence-corrected chi connectivity index (χ2v) is 9.04. The zero-order valence-electron chi connectivity index (χ0n) is 17.2. The summed E-state index contributed by atoms with van der Waals surface area (Å²) in [5.41, 5.74) is 2.71. The number of carbonyl (C=O) groups is 2. The predicted octanol–water partition coefficient (Wildman–Crippen LogP) is 4.19. The maximum atomic E-state index is 13.3. The Kier molecular flexibility index (Phi) is 6.25. The number of ether oxygens (including phenoxy) is 1. The van der Waals surface area contributed by atoms with E-state index in [1.54, 1.807) is 4.90 Å². The van der Waals surface area contributed by atoms with E-state index in [9.17, 15) is 9.59 Å². The summed E-state index contributed by atoms with van der Waals surface area (Å²) in [6.45, 7) is 3.73. The lowest BCUT2D eigenvalue weighted by atomic mass is 9.82. The van der Waals surface area contributed by atoms with Gasteiger partial charge in [0.2, 0.25) is 11.8 Å². The molecule has 0 spiro atoms. The Labute approximate surface area is 185 Å². The highest BCUT2D eigenvalue weighted by Gasteiger charge is 2.41. The van der Waals surface area contributed by atoms with Crippen molar-refractivity contribution in [3.8, 4) is 0 Å². The molecule has 2 amide bonds.